The molecule has 3 aromatic rings. The number of hydrogen-bond donors (Lipinski definition) is 2. The first kappa shape index (κ1) is 22.1. The number of aryl methyl sites for hydroxylation is 1. The van der Waals surface area contributed by atoms with Crippen molar-refractivity contribution in [3.63, 3.8) is 0 Å². The molecular formula is C24H22N2O4S. The van der Waals surface area contributed by atoms with Crippen LogP contribution >= 0.6 is 11.8 Å². The number of carbonyl (C=O) groups excluding carboxylic acids is 3. The lowest BCUT2D eigenvalue weighted by Gasteiger charge is -2.19. The van der Waals surface area contributed by atoms with Crippen LogP contribution in [0.25, 0.3) is 0 Å². The lowest BCUT2D eigenvalue weighted by atomic mass is 10.1. The second-order valence-electron chi connectivity index (χ2n) is 6.80. The monoisotopic (exact) mass is 434 g/mol. The van der Waals surface area contributed by atoms with E-state index >= 15 is 0 Å². The van der Waals surface area contributed by atoms with E-state index in [4.69, 9.17) is 10.5 Å². The molecule has 0 aliphatic carbocycles. The minimum atomic E-state index is -1.15. The smallest absolute Gasteiger partial charge is 0.340 e. The number of nitrogens with two attached hydrogens (primary N) is 1. The largest absolute Gasteiger partial charge is 0.444 e. The van der Waals surface area contributed by atoms with Gasteiger partial charge in [-0.3, -0.25) is 9.59 Å². The molecular weight excluding hydrogens is 412 g/mol. The van der Waals surface area contributed by atoms with E-state index in [1.807, 2.05) is 25.1 Å². The Bertz CT molecular complexity index is 1070. The van der Waals surface area contributed by atoms with Crippen molar-refractivity contribution in [3.05, 3.63) is 95.6 Å². The molecule has 3 rings (SSSR count). The van der Waals surface area contributed by atoms with E-state index in [1.165, 1.54) is 0 Å². The zero-order chi connectivity index (χ0) is 22.2. The molecule has 0 spiro atoms. The SMILES string of the molecule is Cc1ccc(NC(=O)C(OC(=O)c2ccccc2SCC(N)=O)c2ccccc2)cc1. The zero-order valence-corrected chi connectivity index (χ0v) is 17.7. The van der Waals surface area contributed by atoms with Crippen molar-refractivity contribution in [2.75, 3.05) is 11.1 Å². The van der Waals surface area contributed by atoms with Crippen LogP contribution in [0.5, 0.6) is 0 Å². The van der Waals surface area contributed by atoms with Crippen LogP contribution in [-0.4, -0.2) is 23.5 Å². The molecule has 0 aliphatic heterocycles. The molecule has 0 heterocycles. The van der Waals surface area contributed by atoms with Gasteiger partial charge in [0.2, 0.25) is 12.0 Å². The summed E-state index contributed by atoms with van der Waals surface area (Å²) in [5.41, 5.74) is 7.69. The fraction of sp³-hybridized carbons (Fsp3) is 0.125. The number of nitrogens with one attached hydrogen (secondary N) is 1. The summed E-state index contributed by atoms with van der Waals surface area (Å²) in [5.74, 6) is -1.60. The van der Waals surface area contributed by atoms with Gasteiger partial charge in [0.1, 0.15) is 0 Å². The fourth-order valence-corrected chi connectivity index (χ4v) is 3.61. The minimum Gasteiger partial charge on any atom is -0.444 e. The first-order valence-electron chi connectivity index (χ1n) is 9.57. The highest BCUT2D eigenvalue weighted by atomic mass is 32.2. The predicted octanol–water partition coefficient (Wildman–Crippen LogP) is 4.11. The Morgan fingerprint density at radius 3 is 2.26 bits per heavy atom. The lowest BCUT2D eigenvalue weighted by Crippen LogP contribution is -2.26. The van der Waals surface area contributed by atoms with Crippen LogP contribution in [0.15, 0.2) is 83.8 Å². The van der Waals surface area contributed by atoms with Crippen molar-refractivity contribution in [2.24, 2.45) is 5.73 Å². The maximum atomic E-state index is 13.0. The summed E-state index contributed by atoms with van der Waals surface area (Å²) < 4.78 is 5.65. The van der Waals surface area contributed by atoms with E-state index in [0.29, 0.717) is 16.1 Å². The molecule has 6 nitrogen and oxygen atoms in total. The highest BCUT2D eigenvalue weighted by Crippen LogP contribution is 2.27. The predicted molar refractivity (Wildman–Crippen MR) is 121 cm³/mol. The number of thioether (sulfide) groups is 1. The lowest BCUT2D eigenvalue weighted by molar-refractivity contribution is -0.125. The number of primary amides is 1. The van der Waals surface area contributed by atoms with Crippen LogP contribution in [0.4, 0.5) is 5.69 Å². The molecule has 3 N–H and O–H groups in total. The third-order valence-corrected chi connectivity index (χ3v) is 5.46. The second-order valence-corrected chi connectivity index (χ2v) is 7.82. The van der Waals surface area contributed by atoms with E-state index in [9.17, 15) is 14.4 Å². The van der Waals surface area contributed by atoms with Gasteiger partial charge in [0.15, 0.2) is 0 Å². The number of esters is 1. The van der Waals surface area contributed by atoms with Gasteiger partial charge < -0.3 is 15.8 Å². The average Bonchev–Trinajstić information content (AvgIpc) is 2.78. The Morgan fingerprint density at radius 2 is 1.58 bits per heavy atom. The van der Waals surface area contributed by atoms with Crippen molar-refractivity contribution < 1.29 is 19.1 Å². The highest BCUT2D eigenvalue weighted by Gasteiger charge is 2.27. The van der Waals surface area contributed by atoms with Crippen molar-refractivity contribution in [1.82, 2.24) is 0 Å². The van der Waals surface area contributed by atoms with Gasteiger partial charge in [-0.1, -0.05) is 60.2 Å². The van der Waals surface area contributed by atoms with Gasteiger partial charge in [0.05, 0.1) is 11.3 Å². The Kier molecular flexibility index (Phi) is 7.45. The Morgan fingerprint density at radius 1 is 0.935 bits per heavy atom. The molecule has 0 radical (unpaired) electrons. The second kappa shape index (κ2) is 10.4. The average molecular weight is 435 g/mol. The van der Waals surface area contributed by atoms with Gasteiger partial charge in [-0.05, 0) is 31.2 Å². The molecule has 1 atom stereocenters. The normalized spacial score (nSPS) is 11.4. The Balaban J connectivity index is 1.84. The number of carbonyl (C=O) groups is 3. The molecule has 7 heteroatoms. The molecule has 0 saturated heterocycles. The van der Waals surface area contributed by atoms with Gasteiger partial charge >= 0.3 is 5.97 Å². The maximum Gasteiger partial charge on any atom is 0.340 e. The number of ether oxygens (including phenoxy) is 1. The first-order valence-corrected chi connectivity index (χ1v) is 10.6. The summed E-state index contributed by atoms with van der Waals surface area (Å²) in [7, 11) is 0. The highest BCUT2D eigenvalue weighted by molar-refractivity contribution is 8.00. The van der Waals surface area contributed by atoms with Crippen molar-refractivity contribution in [3.8, 4) is 0 Å². The van der Waals surface area contributed by atoms with Crippen molar-refractivity contribution >= 4 is 35.2 Å². The molecule has 0 saturated carbocycles. The van der Waals surface area contributed by atoms with Gasteiger partial charge in [0.25, 0.3) is 5.91 Å². The van der Waals surface area contributed by atoms with Gasteiger partial charge in [0, 0.05) is 16.1 Å². The summed E-state index contributed by atoms with van der Waals surface area (Å²) >= 11 is 1.14. The number of rotatable bonds is 8. The third-order valence-electron chi connectivity index (χ3n) is 4.36. The fourth-order valence-electron chi connectivity index (χ4n) is 2.83. The van der Waals surface area contributed by atoms with Crippen LogP contribution < -0.4 is 11.1 Å². The summed E-state index contributed by atoms with van der Waals surface area (Å²) in [6, 6.07) is 22.9. The van der Waals surface area contributed by atoms with E-state index in [1.54, 1.807) is 60.7 Å². The van der Waals surface area contributed by atoms with Gasteiger partial charge in [-0.2, -0.15) is 0 Å². The third kappa shape index (κ3) is 6.20. The van der Waals surface area contributed by atoms with Gasteiger partial charge in [-0.25, -0.2) is 4.79 Å². The molecule has 1 unspecified atom stereocenters. The topological polar surface area (TPSA) is 98.5 Å². The van der Waals surface area contributed by atoms with Crippen LogP contribution in [0.3, 0.4) is 0 Å². The summed E-state index contributed by atoms with van der Waals surface area (Å²) in [6.45, 7) is 1.95. The van der Waals surface area contributed by atoms with Crippen LogP contribution in [0, 0.1) is 6.92 Å². The molecule has 3 aromatic carbocycles. The number of hydrogen-bond acceptors (Lipinski definition) is 5. The van der Waals surface area contributed by atoms with Crippen LogP contribution in [-0.2, 0) is 14.3 Å². The molecule has 0 bridgehead atoms. The molecule has 2 amide bonds. The van der Waals surface area contributed by atoms with Gasteiger partial charge in [-0.15, -0.1) is 11.8 Å². The number of amides is 2. The molecule has 0 aromatic heterocycles. The zero-order valence-electron chi connectivity index (χ0n) is 16.9. The Labute approximate surface area is 184 Å². The first-order chi connectivity index (χ1) is 14.9. The number of benzene rings is 3. The molecule has 158 valence electrons. The summed E-state index contributed by atoms with van der Waals surface area (Å²) in [4.78, 5) is 37.7. The van der Waals surface area contributed by atoms with Crippen molar-refractivity contribution in [1.29, 1.82) is 0 Å². The van der Waals surface area contributed by atoms with E-state index in [0.717, 1.165) is 17.3 Å². The van der Waals surface area contributed by atoms with E-state index in [2.05, 4.69) is 5.32 Å². The van der Waals surface area contributed by atoms with Crippen LogP contribution in [0.2, 0.25) is 0 Å². The Hall–Kier alpha value is -3.58. The molecule has 0 fully saturated rings. The van der Waals surface area contributed by atoms with Crippen LogP contribution in [0.1, 0.15) is 27.6 Å². The maximum absolute atomic E-state index is 13.0. The van der Waals surface area contributed by atoms with E-state index in [-0.39, 0.29) is 11.3 Å². The standard InChI is InChI=1S/C24H22N2O4S/c1-16-11-13-18(14-12-16)26-23(28)22(17-7-3-2-4-8-17)30-24(29)19-9-5-6-10-20(19)31-15-21(25)27/h2-14,22H,15H2,1H3,(H2,25,27)(H,26,28). The molecule has 31 heavy (non-hydrogen) atoms. The summed E-state index contributed by atoms with van der Waals surface area (Å²) in [6.07, 6.45) is -1.15. The minimum absolute atomic E-state index is 0.0281. The van der Waals surface area contributed by atoms with E-state index < -0.39 is 23.9 Å². The molecule has 0 aliphatic rings. The quantitative estimate of drug-likeness (QED) is 0.411. The van der Waals surface area contributed by atoms with Crippen molar-refractivity contribution in [2.45, 2.75) is 17.9 Å². The number of anilines is 1. The summed E-state index contributed by atoms with van der Waals surface area (Å²) in [5, 5.41) is 2.80.